The molecule has 6 nitrogen and oxygen atoms in total. The van der Waals surface area contributed by atoms with Crippen LogP contribution < -0.4 is 4.74 Å². The van der Waals surface area contributed by atoms with Gasteiger partial charge in [0.2, 0.25) is 5.91 Å². The molecule has 0 aliphatic carbocycles. The highest BCUT2D eigenvalue weighted by Crippen LogP contribution is 2.19. The summed E-state index contributed by atoms with van der Waals surface area (Å²) in [6.45, 7) is 4.74. The lowest BCUT2D eigenvalue weighted by molar-refractivity contribution is -0.131. The number of ether oxygens (including phenoxy) is 1. The van der Waals surface area contributed by atoms with E-state index in [1.807, 2.05) is 4.90 Å². The Balaban J connectivity index is 1.56. The highest BCUT2D eigenvalue weighted by Gasteiger charge is 2.24. The van der Waals surface area contributed by atoms with Crippen LogP contribution in [0.2, 0.25) is 0 Å². The summed E-state index contributed by atoms with van der Waals surface area (Å²) in [5, 5.41) is 0. The molecule has 0 spiro atoms. The summed E-state index contributed by atoms with van der Waals surface area (Å²) in [4.78, 5) is 30.8. The molecule has 2 amide bonds. The number of rotatable bonds is 4. The summed E-state index contributed by atoms with van der Waals surface area (Å²) in [7, 11) is 1.40. The minimum Gasteiger partial charge on any atom is -0.494 e. The van der Waals surface area contributed by atoms with Gasteiger partial charge in [-0.15, -0.1) is 0 Å². The van der Waals surface area contributed by atoms with Crippen LogP contribution in [0.3, 0.4) is 0 Å². The molecule has 26 heavy (non-hydrogen) atoms. The van der Waals surface area contributed by atoms with Crippen LogP contribution in [0.5, 0.6) is 5.75 Å². The number of nitrogens with zero attached hydrogens (tertiary/aromatic N) is 3. The maximum atomic E-state index is 13.9. The van der Waals surface area contributed by atoms with Crippen LogP contribution in [0.25, 0.3) is 0 Å². The predicted octanol–water partition coefficient (Wildman–Crippen LogP) is 1.60. The van der Waals surface area contributed by atoms with Gasteiger partial charge in [-0.25, -0.2) is 4.39 Å². The SMILES string of the molecule is COc1ccc(C(=O)N2CCCN(CC(=O)N3CCCC3)CC2)cc1F. The Morgan fingerprint density at radius 1 is 1.00 bits per heavy atom. The van der Waals surface area contributed by atoms with Gasteiger partial charge in [0, 0.05) is 44.8 Å². The van der Waals surface area contributed by atoms with E-state index in [1.165, 1.54) is 19.2 Å². The third kappa shape index (κ3) is 4.33. The van der Waals surface area contributed by atoms with E-state index in [4.69, 9.17) is 4.74 Å². The highest BCUT2D eigenvalue weighted by molar-refractivity contribution is 5.94. The molecule has 7 heteroatoms. The van der Waals surface area contributed by atoms with Gasteiger partial charge >= 0.3 is 0 Å². The zero-order chi connectivity index (χ0) is 18.5. The molecule has 0 atom stereocenters. The van der Waals surface area contributed by atoms with Gasteiger partial charge in [-0.3, -0.25) is 14.5 Å². The topological polar surface area (TPSA) is 53.1 Å². The second kappa shape index (κ2) is 8.49. The number of hydrogen-bond acceptors (Lipinski definition) is 4. The van der Waals surface area contributed by atoms with E-state index in [2.05, 4.69) is 4.90 Å². The number of carbonyl (C=O) groups excluding carboxylic acids is 2. The van der Waals surface area contributed by atoms with Crippen LogP contribution in [0.4, 0.5) is 4.39 Å². The summed E-state index contributed by atoms with van der Waals surface area (Å²) in [6.07, 6.45) is 2.98. The molecule has 2 aliphatic heterocycles. The maximum Gasteiger partial charge on any atom is 0.254 e. The van der Waals surface area contributed by atoms with Gasteiger partial charge in [0.1, 0.15) is 0 Å². The van der Waals surface area contributed by atoms with Gasteiger partial charge in [0.05, 0.1) is 13.7 Å². The Bertz CT molecular complexity index is 661. The van der Waals surface area contributed by atoms with Crippen LogP contribution in [0.1, 0.15) is 29.6 Å². The molecular formula is C19H26FN3O3. The fraction of sp³-hybridized carbons (Fsp3) is 0.579. The van der Waals surface area contributed by atoms with Crippen molar-refractivity contribution in [3.63, 3.8) is 0 Å². The molecule has 0 bridgehead atoms. The number of methoxy groups -OCH3 is 1. The number of benzene rings is 1. The van der Waals surface area contributed by atoms with Gasteiger partial charge in [0.15, 0.2) is 11.6 Å². The molecule has 2 saturated heterocycles. The zero-order valence-corrected chi connectivity index (χ0v) is 15.2. The van der Waals surface area contributed by atoms with E-state index in [0.29, 0.717) is 31.7 Å². The smallest absolute Gasteiger partial charge is 0.254 e. The first-order valence-corrected chi connectivity index (χ1v) is 9.21. The van der Waals surface area contributed by atoms with Gasteiger partial charge in [-0.05, 0) is 37.5 Å². The first-order chi connectivity index (χ1) is 12.6. The molecule has 0 aromatic heterocycles. The lowest BCUT2D eigenvalue weighted by Crippen LogP contribution is -2.41. The minimum atomic E-state index is -0.536. The maximum absolute atomic E-state index is 13.9. The van der Waals surface area contributed by atoms with E-state index in [1.54, 1.807) is 11.0 Å². The largest absolute Gasteiger partial charge is 0.494 e. The lowest BCUT2D eigenvalue weighted by atomic mass is 10.1. The van der Waals surface area contributed by atoms with Crippen LogP contribution >= 0.6 is 0 Å². The average molecular weight is 363 g/mol. The third-order valence-electron chi connectivity index (χ3n) is 5.09. The number of likely N-dealkylation sites (tertiary alicyclic amines) is 1. The van der Waals surface area contributed by atoms with E-state index in [9.17, 15) is 14.0 Å². The molecule has 142 valence electrons. The number of carbonyl (C=O) groups is 2. The highest BCUT2D eigenvalue weighted by atomic mass is 19.1. The third-order valence-corrected chi connectivity index (χ3v) is 5.09. The Kier molecular flexibility index (Phi) is 6.08. The predicted molar refractivity (Wildman–Crippen MR) is 95.7 cm³/mol. The number of hydrogen-bond donors (Lipinski definition) is 0. The summed E-state index contributed by atoms with van der Waals surface area (Å²) in [5.41, 5.74) is 0.324. The normalized spacial score (nSPS) is 18.7. The zero-order valence-electron chi connectivity index (χ0n) is 15.2. The van der Waals surface area contributed by atoms with Crippen molar-refractivity contribution in [2.75, 3.05) is 52.9 Å². The van der Waals surface area contributed by atoms with Crippen molar-refractivity contribution in [1.29, 1.82) is 0 Å². The summed E-state index contributed by atoms with van der Waals surface area (Å²) in [5.74, 6) is -0.409. The van der Waals surface area contributed by atoms with Gasteiger partial charge in [-0.2, -0.15) is 0 Å². The van der Waals surface area contributed by atoms with Gasteiger partial charge in [0.25, 0.3) is 5.91 Å². The molecule has 0 unspecified atom stereocenters. The Labute approximate surface area is 153 Å². The Hall–Kier alpha value is -2.15. The minimum absolute atomic E-state index is 0.129. The van der Waals surface area contributed by atoms with Crippen LogP contribution in [-0.2, 0) is 4.79 Å². The molecule has 2 aliphatic rings. The Morgan fingerprint density at radius 3 is 2.42 bits per heavy atom. The molecule has 2 heterocycles. The molecule has 0 radical (unpaired) electrons. The molecule has 2 fully saturated rings. The van der Waals surface area contributed by atoms with Crippen molar-refractivity contribution < 1.29 is 18.7 Å². The van der Waals surface area contributed by atoms with Crippen molar-refractivity contribution in [2.24, 2.45) is 0 Å². The Morgan fingerprint density at radius 2 is 1.73 bits per heavy atom. The lowest BCUT2D eigenvalue weighted by Gasteiger charge is -2.24. The number of halogens is 1. The molecular weight excluding hydrogens is 337 g/mol. The summed E-state index contributed by atoms with van der Waals surface area (Å²) < 4.78 is 18.8. The van der Waals surface area contributed by atoms with E-state index >= 15 is 0 Å². The second-order valence-corrected chi connectivity index (χ2v) is 6.86. The van der Waals surface area contributed by atoms with Crippen LogP contribution in [-0.4, -0.2) is 79.4 Å². The van der Waals surface area contributed by atoms with Crippen molar-refractivity contribution in [2.45, 2.75) is 19.3 Å². The van der Waals surface area contributed by atoms with Gasteiger partial charge < -0.3 is 14.5 Å². The summed E-state index contributed by atoms with van der Waals surface area (Å²) >= 11 is 0. The first-order valence-electron chi connectivity index (χ1n) is 9.21. The van der Waals surface area contributed by atoms with Crippen molar-refractivity contribution in [3.05, 3.63) is 29.6 Å². The van der Waals surface area contributed by atoms with E-state index < -0.39 is 5.82 Å². The van der Waals surface area contributed by atoms with E-state index in [-0.39, 0.29) is 17.6 Å². The summed E-state index contributed by atoms with van der Waals surface area (Å²) in [6, 6.07) is 4.28. The molecule has 1 aromatic carbocycles. The monoisotopic (exact) mass is 363 g/mol. The fourth-order valence-corrected chi connectivity index (χ4v) is 3.57. The first kappa shape index (κ1) is 18.6. The van der Waals surface area contributed by atoms with Crippen molar-refractivity contribution >= 4 is 11.8 Å². The van der Waals surface area contributed by atoms with Crippen LogP contribution in [0, 0.1) is 5.82 Å². The van der Waals surface area contributed by atoms with Crippen LogP contribution in [0.15, 0.2) is 18.2 Å². The van der Waals surface area contributed by atoms with Gasteiger partial charge in [-0.1, -0.05) is 0 Å². The van der Waals surface area contributed by atoms with E-state index in [0.717, 1.165) is 38.9 Å². The van der Waals surface area contributed by atoms with Crippen molar-refractivity contribution in [1.82, 2.24) is 14.7 Å². The molecule has 0 N–H and O–H groups in total. The second-order valence-electron chi connectivity index (χ2n) is 6.86. The van der Waals surface area contributed by atoms with Crippen molar-refractivity contribution in [3.8, 4) is 5.75 Å². The standard InChI is InChI=1S/C19H26FN3O3/c1-26-17-6-5-15(13-16(17)20)19(25)23-10-4-7-21(11-12-23)14-18(24)22-8-2-3-9-22/h5-6,13H,2-4,7-12,14H2,1H3. The quantitative estimate of drug-likeness (QED) is 0.816. The molecule has 0 saturated carbocycles. The molecule has 3 rings (SSSR count). The fourth-order valence-electron chi connectivity index (χ4n) is 3.57. The average Bonchev–Trinajstić information content (AvgIpc) is 3.09. The number of amides is 2. The molecule has 1 aromatic rings.